The van der Waals surface area contributed by atoms with E-state index < -0.39 is 0 Å². The summed E-state index contributed by atoms with van der Waals surface area (Å²) in [4.78, 5) is 13.4. The Kier molecular flexibility index (Phi) is 5.17. The first kappa shape index (κ1) is 16.9. The van der Waals surface area contributed by atoms with E-state index in [1.165, 1.54) is 24.8 Å². The van der Waals surface area contributed by atoms with E-state index >= 15 is 0 Å². The molecule has 1 heterocycles. The summed E-state index contributed by atoms with van der Waals surface area (Å²) in [6, 6.07) is 5.92. The molecule has 0 aromatic heterocycles. The summed E-state index contributed by atoms with van der Waals surface area (Å²) in [5.74, 6) is 3.50. The number of benzene rings is 1. The number of rotatable bonds is 6. The largest absolute Gasteiger partial charge is 0.493 e. The first-order valence-electron chi connectivity index (χ1n) is 8.87. The molecule has 5 heteroatoms. The van der Waals surface area contributed by atoms with Gasteiger partial charge in [0, 0.05) is 13.1 Å². The van der Waals surface area contributed by atoms with Gasteiger partial charge in [-0.3, -0.25) is 0 Å². The Hall–Kier alpha value is -1.91. The molecule has 132 valence electrons. The Morgan fingerprint density at radius 2 is 1.96 bits per heavy atom. The molecular formula is C19H28N2O3. The Bertz CT molecular complexity index is 586. The first-order valence-corrected chi connectivity index (χ1v) is 8.87. The Morgan fingerprint density at radius 1 is 1.21 bits per heavy atom. The number of amides is 2. The van der Waals surface area contributed by atoms with Crippen LogP contribution in [0.5, 0.6) is 11.5 Å². The third kappa shape index (κ3) is 3.77. The lowest BCUT2D eigenvalue weighted by Crippen LogP contribution is -2.45. The van der Waals surface area contributed by atoms with Crippen LogP contribution in [0.3, 0.4) is 0 Å². The molecular weight excluding hydrogens is 304 g/mol. The third-order valence-corrected chi connectivity index (χ3v) is 5.52. The molecule has 0 bridgehead atoms. The Labute approximate surface area is 144 Å². The maximum absolute atomic E-state index is 11.5. The number of nitrogens with zero attached hydrogens (tertiary/aromatic N) is 1. The van der Waals surface area contributed by atoms with Gasteiger partial charge in [-0.15, -0.1) is 0 Å². The lowest BCUT2D eigenvalue weighted by Gasteiger charge is -2.36. The lowest BCUT2D eigenvalue weighted by atomic mass is 9.79. The molecule has 2 N–H and O–H groups in total. The molecule has 2 amide bonds. The average Bonchev–Trinajstić information content (AvgIpc) is 3.44. The number of methoxy groups -OCH3 is 2. The minimum absolute atomic E-state index is 0.277. The van der Waals surface area contributed by atoms with Crippen LogP contribution in [0.15, 0.2) is 18.2 Å². The lowest BCUT2D eigenvalue weighted by molar-refractivity contribution is 0.138. The van der Waals surface area contributed by atoms with Gasteiger partial charge in [-0.05, 0) is 67.6 Å². The van der Waals surface area contributed by atoms with E-state index in [-0.39, 0.29) is 6.03 Å². The maximum Gasteiger partial charge on any atom is 0.314 e. The van der Waals surface area contributed by atoms with Crippen molar-refractivity contribution in [3.63, 3.8) is 0 Å². The second-order valence-corrected chi connectivity index (χ2v) is 7.08. The van der Waals surface area contributed by atoms with E-state index in [9.17, 15) is 4.79 Å². The fraction of sp³-hybridized carbons (Fsp3) is 0.632. The van der Waals surface area contributed by atoms with Crippen LogP contribution in [0, 0.1) is 17.8 Å². The molecule has 2 fully saturated rings. The first-order chi connectivity index (χ1) is 11.6. The molecule has 1 saturated carbocycles. The molecule has 3 rings (SSSR count). The Balaban J connectivity index is 1.73. The van der Waals surface area contributed by atoms with Gasteiger partial charge in [-0.1, -0.05) is 6.07 Å². The number of likely N-dealkylation sites (tertiary alicyclic amines) is 1. The number of ether oxygens (including phenoxy) is 2. The van der Waals surface area contributed by atoms with E-state index in [2.05, 4.69) is 12.1 Å². The number of hydrogen-bond acceptors (Lipinski definition) is 3. The quantitative estimate of drug-likeness (QED) is 0.871. The monoisotopic (exact) mass is 332 g/mol. The van der Waals surface area contributed by atoms with Crippen molar-refractivity contribution in [3.8, 4) is 11.5 Å². The molecule has 1 aromatic rings. The van der Waals surface area contributed by atoms with E-state index in [1.807, 2.05) is 11.0 Å². The van der Waals surface area contributed by atoms with Crippen LogP contribution in [0.2, 0.25) is 0 Å². The van der Waals surface area contributed by atoms with Crippen LogP contribution in [0.4, 0.5) is 4.79 Å². The summed E-state index contributed by atoms with van der Waals surface area (Å²) in [7, 11) is 3.33. The predicted octanol–water partition coefficient (Wildman–Crippen LogP) is 3.06. The van der Waals surface area contributed by atoms with Gasteiger partial charge in [-0.2, -0.15) is 0 Å². The third-order valence-electron chi connectivity index (χ3n) is 5.52. The smallest absolute Gasteiger partial charge is 0.314 e. The van der Waals surface area contributed by atoms with Crippen LogP contribution < -0.4 is 15.2 Å². The summed E-state index contributed by atoms with van der Waals surface area (Å²) < 4.78 is 10.8. The van der Waals surface area contributed by atoms with Crippen molar-refractivity contribution in [1.29, 1.82) is 0 Å². The maximum atomic E-state index is 11.5. The second-order valence-electron chi connectivity index (χ2n) is 7.08. The van der Waals surface area contributed by atoms with Gasteiger partial charge in [0.05, 0.1) is 14.2 Å². The highest BCUT2D eigenvalue weighted by Crippen LogP contribution is 2.45. The number of urea groups is 1. The minimum Gasteiger partial charge on any atom is -0.493 e. The fourth-order valence-corrected chi connectivity index (χ4v) is 4.08. The van der Waals surface area contributed by atoms with Gasteiger partial charge in [0.15, 0.2) is 11.5 Å². The van der Waals surface area contributed by atoms with Crippen molar-refractivity contribution >= 4 is 6.03 Å². The molecule has 1 unspecified atom stereocenters. The van der Waals surface area contributed by atoms with Crippen LogP contribution in [-0.2, 0) is 6.42 Å². The topological polar surface area (TPSA) is 64.8 Å². The van der Waals surface area contributed by atoms with E-state index in [0.29, 0.717) is 11.8 Å². The Morgan fingerprint density at radius 3 is 2.58 bits per heavy atom. The van der Waals surface area contributed by atoms with Gasteiger partial charge in [0.25, 0.3) is 0 Å². The van der Waals surface area contributed by atoms with Gasteiger partial charge in [0.2, 0.25) is 0 Å². The molecule has 2 aliphatic rings. The zero-order chi connectivity index (χ0) is 17.1. The predicted molar refractivity (Wildman–Crippen MR) is 93.3 cm³/mol. The van der Waals surface area contributed by atoms with Crippen molar-refractivity contribution in [2.75, 3.05) is 27.3 Å². The summed E-state index contributed by atoms with van der Waals surface area (Å²) in [6.45, 7) is 1.61. The van der Waals surface area contributed by atoms with E-state index in [4.69, 9.17) is 15.2 Å². The number of carbonyl (C=O) groups is 1. The molecule has 1 aliphatic heterocycles. The normalized spacial score (nSPS) is 22.1. The summed E-state index contributed by atoms with van der Waals surface area (Å²) >= 11 is 0. The molecule has 5 nitrogen and oxygen atoms in total. The van der Waals surface area contributed by atoms with Crippen molar-refractivity contribution in [3.05, 3.63) is 23.8 Å². The molecule has 2 atom stereocenters. The SMILES string of the molecule is COc1ccc(CC(C2CC2)[C@@H]2CCCN(C(N)=O)C2)cc1OC. The van der Waals surface area contributed by atoms with Gasteiger partial charge in [0.1, 0.15) is 0 Å². The van der Waals surface area contributed by atoms with Crippen molar-refractivity contribution in [2.45, 2.75) is 32.1 Å². The van der Waals surface area contributed by atoms with E-state index in [1.54, 1.807) is 14.2 Å². The highest BCUT2D eigenvalue weighted by atomic mass is 16.5. The molecule has 1 aromatic carbocycles. The molecule has 1 saturated heterocycles. The minimum atomic E-state index is -0.277. The average molecular weight is 332 g/mol. The highest BCUT2D eigenvalue weighted by Gasteiger charge is 2.38. The molecule has 0 radical (unpaired) electrons. The van der Waals surface area contributed by atoms with Crippen molar-refractivity contribution in [2.24, 2.45) is 23.5 Å². The van der Waals surface area contributed by atoms with Crippen molar-refractivity contribution in [1.82, 2.24) is 4.90 Å². The van der Waals surface area contributed by atoms with Gasteiger partial charge in [-0.25, -0.2) is 4.79 Å². The number of primary amides is 1. The number of nitrogens with two attached hydrogens (primary N) is 1. The van der Waals surface area contributed by atoms with E-state index in [0.717, 1.165) is 43.3 Å². The van der Waals surface area contributed by atoms with Gasteiger partial charge < -0.3 is 20.1 Å². The standard InChI is InChI=1S/C19H28N2O3/c1-23-17-8-5-13(11-18(17)24-2)10-16(14-6-7-14)15-4-3-9-21(12-15)19(20)22/h5,8,11,14-16H,3-4,6-7,9-10,12H2,1-2H3,(H2,20,22)/t15-,16?/m1/s1. The second kappa shape index (κ2) is 7.32. The molecule has 24 heavy (non-hydrogen) atoms. The van der Waals surface area contributed by atoms with Crippen LogP contribution in [0.1, 0.15) is 31.2 Å². The van der Waals surface area contributed by atoms with Gasteiger partial charge >= 0.3 is 6.03 Å². The fourth-order valence-electron chi connectivity index (χ4n) is 4.08. The summed E-state index contributed by atoms with van der Waals surface area (Å²) in [5.41, 5.74) is 6.78. The zero-order valence-corrected chi connectivity index (χ0v) is 14.7. The highest BCUT2D eigenvalue weighted by molar-refractivity contribution is 5.72. The molecule has 1 aliphatic carbocycles. The van der Waals surface area contributed by atoms with Crippen LogP contribution >= 0.6 is 0 Å². The van der Waals surface area contributed by atoms with Crippen LogP contribution in [0.25, 0.3) is 0 Å². The number of carbonyl (C=O) groups excluding carboxylic acids is 1. The van der Waals surface area contributed by atoms with Crippen LogP contribution in [-0.4, -0.2) is 38.2 Å². The summed E-state index contributed by atoms with van der Waals surface area (Å²) in [6.07, 6.45) is 5.90. The zero-order valence-electron chi connectivity index (χ0n) is 14.7. The molecule has 0 spiro atoms. The number of hydrogen-bond donors (Lipinski definition) is 1. The summed E-state index contributed by atoms with van der Waals surface area (Å²) in [5, 5.41) is 0. The van der Waals surface area contributed by atoms with Crippen molar-refractivity contribution < 1.29 is 14.3 Å². The number of piperidine rings is 1.